The molecule has 6 rings (SSSR count). The summed E-state index contributed by atoms with van der Waals surface area (Å²) in [5.41, 5.74) is -2.74. The van der Waals surface area contributed by atoms with E-state index < -0.39 is 68.1 Å². The zero-order valence-corrected chi connectivity index (χ0v) is 24.3. The summed E-state index contributed by atoms with van der Waals surface area (Å²) in [5.74, 6) is -9.61. The maximum Gasteiger partial charge on any atom is 0.328 e. The van der Waals surface area contributed by atoms with Crippen LogP contribution < -0.4 is 0 Å². The van der Waals surface area contributed by atoms with Crippen LogP contribution in [0.4, 0.5) is 11.4 Å². The molecule has 3 aromatic carbocycles. The molecule has 1 saturated heterocycles. The van der Waals surface area contributed by atoms with Gasteiger partial charge in [-0.1, -0.05) is 54.6 Å². The molecule has 45 heavy (non-hydrogen) atoms. The molecule has 1 aromatic heterocycles. The number of ether oxygens (including phenoxy) is 3. The number of aromatic amines is 1. The Balaban J connectivity index is 1.86. The number of para-hydroxylation sites is 3. The number of nitro groups is 2. The summed E-state index contributed by atoms with van der Waals surface area (Å²) >= 11 is 0. The minimum absolute atomic E-state index is 0.0481. The van der Waals surface area contributed by atoms with Gasteiger partial charge < -0.3 is 19.2 Å². The fraction of sp³-hybridized carbons (Fsp3) is 0.281. The second-order valence-corrected chi connectivity index (χ2v) is 11.3. The van der Waals surface area contributed by atoms with E-state index in [0.29, 0.717) is 10.9 Å². The SMILES string of the molecule is CCOC(=O)[C@@H]1c2[nH]c3ccccc3c2[C@@H](c2ccccc2[N+](=O)[O-])C2(C(=O)OC(C)(C)OC2=O)[C@H]1c1ccccc1[N+](=O)[O-]. The first-order chi connectivity index (χ1) is 21.4. The van der Waals surface area contributed by atoms with E-state index in [1.165, 1.54) is 62.4 Å². The van der Waals surface area contributed by atoms with Crippen molar-refractivity contribution in [1.82, 2.24) is 4.98 Å². The van der Waals surface area contributed by atoms with Gasteiger partial charge in [-0.25, -0.2) is 0 Å². The molecule has 230 valence electrons. The van der Waals surface area contributed by atoms with Crippen LogP contribution in [0.15, 0.2) is 72.8 Å². The largest absolute Gasteiger partial charge is 0.465 e. The molecule has 13 nitrogen and oxygen atoms in total. The number of nitrogens with zero attached hydrogens (tertiary/aromatic N) is 2. The molecule has 0 unspecified atom stereocenters. The molecule has 0 amide bonds. The van der Waals surface area contributed by atoms with Crippen molar-refractivity contribution in [2.75, 3.05) is 6.61 Å². The molecule has 1 aliphatic carbocycles. The predicted octanol–water partition coefficient (Wildman–Crippen LogP) is 5.38. The van der Waals surface area contributed by atoms with Gasteiger partial charge in [0.05, 0.1) is 16.5 Å². The number of benzene rings is 3. The third-order valence-electron chi connectivity index (χ3n) is 8.46. The predicted molar refractivity (Wildman–Crippen MR) is 157 cm³/mol. The fourth-order valence-corrected chi connectivity index (χ4v) is 6.91. The van der Waals surface area contributed by atoms with Crippen LogP contribution in [0.1, 0.15) is 60.9 Å². The molecular formula is C32H27N3O10. The lowest BCUT2D eigenvalue weighted by Crippen LogP contribution is -2.62. The summed E-state index contributed by atoms with van der Waals surface area (Å²) in [6, 6.07) is 17.9. The third-order valence-corrected chi connectivity index (χ3v) is 8.46. The average Bonchev–Trinajstić information content (AvgIpc) is 3.37. The van der Waals surface area contributed by atoms with E-state index in [0.717, 1.165) is 0 Å². The molecule has 3 atom stereocenters. The van der Waals surface area contributed by atoms with Crippen molar-refractivity contribution in [2.24, 2.45) is 5.41 Å². The van der Waals surface area contributed by atoms with Crippen LogP contribution in [0.2, 0.25) is 0 Å². The summed E-state index contributed by atoms with van der Waals surface area (Å²) in [6.45, 7) is 4.18. The normalized spacial score (nSPS) is 21.4. The topological polar surface area (TPSA) is 181 Å². The zero-order valence-electron chi connectivity index (χ0n) is 24.3. The Morgan fingerprint density at radius 3 is 2.00 bits per heavy atom. The second kappa shape index (κ2) is 10.5. The number of H-pyrrole nitrogens is 1. The minimum atomic E-state index is -2.57. The van der Waals surface area contributed by atoms with Gasteiger partial charge in [-0.3, -0.25) is 34.6 Å². The lowest BCUT2D eigenvalue weighted by atomic mass is 9.51. The van der Waals surface area contributed by atoms with Crippen LogP contribution in [-0.4, -0.2) is 45.1 Å². The number of rotatable bonds is 6. The Morgan fingerprint density at radius 2 is 1.40 bits per heavy atom. The van der Waals surface area contributed by atoms with Gasteiger partial charge in [0, 0.05) is 65.5 Å². The van der Waals surface area contributed by atoms with E-state index in [1.807, 2.05) is 0 Å². The molecule has 2 heterocycles. The molecule has 1 N–H and O–H groups in total. The highest BCUT2D eigenvalue weighted by Gasteiger charge is 2.72. The molecule has 2 aliphatic rings. The Bertz CT molecular complexity index is 1890. The van der Waals surface area contributed by atoms with Gasteiger partial charge in [-0.2, -0.15) is 0 Å². The second-order valence-electron chi connectivity index (χ2n) is 11.3. The van der Waals surface area contributed by atoms with Gasteiger partial charge in [0.1, 0.15) is 5.92 Å². The Hall–Kier alpha value is -5.59. The maximum absolute atomic E-state index is 14.7. The van der Waals surface area contributed by atoms with Gasteiger partial charge in [0.2, 0.25) is 0 Å². The smallest absolute Gasteiger partial charge is 0.328 e. The van der Waals surface area contributed by atoms with Gasteiger partial charge in [-0.15, -0.1) is 0 Å². The zero-order chi connectivity index (χ0) is 32.3. The lowest BCUT2D eigenvalue weighted by molar-refractivity contribution is -0.386. The number of hydrogen-bond donors (Lipinski definition) is 1. The van der Waals surface area contributed by atoms with Crippen molar-refractivity contribution >= 4 is 40.2 Å². The van der Waals surface area contributed by atoms with E-state index in [9.17, 15) is 34.6 Å². The lowest BCUT2D eigenvalue weighted by Gasteiger charge is -2.51. The van der Waals surface area contributed by atoms with E-state index in [2.05, 4.69) is 4.98 Å². The third kappa shape index (κ3) is 4.33. The minimum Gasteiger partial charge on any atom is -0.465 e. The summed E-state index contributed by atoms with van der Waals surface area (Å²) < 4.78 is 17.0. The van der Waals surface area contributed by atoms with Crippen LogP contribution in [-0.2, 0) is 28.6 Å². The number of carbonyl (C=O) groups excluding carboxylic acids is 3. The Kier molecular flexibility index (Phi) is 6.91. The van der Waals surface area contributed by atoms with Crippen molar-refractivity contribution in [3.8, 4) is 0 Å². The summed E-state index contributed by atoms with van der Waals surface area (Å²) in [4.78, 5) is 70.3. The first-order valence-corrected chi connectivity index (χ1v) is 14.1. The van der Waals surface area contributed by atoms with Crippen LogP contribution in [0, 0.1) is 25.6 Å². The highest BCUT2D eigenvalue weighted by Crippen LogP contribution is 2.66. The molecular weight excluding hydrogens is 586 g/mol. The molecule has 13 heteroatoms. The molecule has 4 aromatic rings. The van der Waals surface area contributed by atoms with Crippen LogP contribution in [0.3, 0.4) is 0 Å². The number of carbonyl (C=O) groups is 3. The van der Waals surface area contributed by atoms with Crippen molar-refractivity contribution < 1.29 is 38.4 Å². The number of esters is 3. The average molecular weight is 614 g/mol. The standard InChI is InChI=1S/C32H27N3O10/c1-4-43-28(36)24-26(19-13-7-10-16-22(19)35(41)42)32(29(37)44-31(2,3)45-30(32)38)25(18-12-6-9-15-21(18)34(39)40)23-17-11-5-8-14-20(17)33-27(23)24/h5-16,24-26,33H,4H2,1-3H3/t24-,25+,26-/m0/s1. The van der Waals surface area contributed by atoms with Crippen molar-refractivity contribution in [3.63, 3.8) is 0 Å². The highest BCUT2D eigenvalue weighted by atomic mass is 16.7. The van der Waals surface area contributed by atoms with Crippen LogP contribution >= 0.6 is 0 Å². The molecule has 0 bridgehead atoms. The van der Waals surface area contributed by atoms with Crippen LogP contribution in [0.25, 0.3) is 10.9 Å². The number of hydrogen-bond acceptors (Lipinski definition) is 10. The van der Waals surface area contributed by atoms with Crippen molar-refractivity contribution in [1.29, 1.82) is 0 Å². The maximum atomic E-state index is 14.7. The van der Waals surface area contributed by atoms with Gasteiger partial charge in [-0.05, 0) is 18.6 Å². The first-order valence-electron chi connectivity index (χ1n) is 14.1. The number of aromatic nitrogens is 1. The molecule has 1 spiro atoms. The van der Waals surface area contributed by atoms with E-state index in [4.69, 9.17) is 14.2 Å². The Morgan fingerprint density at radius 1 is 0.867 bits per heavy atom. The molecule has 1 fully saturated rings. The monoisotopic (exact) mass is 613 g/mol. The van der Waals surface area contributed by atoms with Gasteiger partial charge in [0.25, 0.3) is 17.2 Å². The highest BCUT2D eigenvalue weighted by molar-refractivity contribution is 6.08. The molecule has 0 saturated carbocycles. The number of nitro benzene ring substituents is 2. The van der Waals surface area contributed by atoms with E-state index in [-0.39, 0.29) is 29.0 Å². The Labute approximate surface area is 255 Å². The first kappa shape index (κ1) is 29.5. The fourth-order valence-electron chi connectivity index (χ4n) is 6.91. The van der Waals surface area contributed by atoms with Crippen molar-refractivity contribution in [3.05, 3.63) is 115 Å². The summed E-state index contributed by atoms with van der Waals surface area (Å²) in [5, 5.41) is 25.4. The molecule has 0 radical (unpaired) electrons. The number of nitrogens with one attached hydrogen (secondary N) is 1. The van der Waals surface area contributed by atoms with Gasteiger partial charge in [0.15, 0.2) is 5.41 Å². The van der Waals surface area contributed by atoms with E-state index in [1.54, 1.807) is 31.2 Å². The number of fused-ring (bicyclic) bond motifs is 3. The number of cyclic esters (lactones) is 2. The van der Waals surface area contributed by atoms with Crippen LogP contribution in [0.5, 0.6) is 0 Å². The van der Waals surface area contributed by atoms with E-state index >= 15 is 0 Å². The van der Waals surface area contributed by atoms with Gasteiger partial charge >= 0.3 is 17.9 Å². The summed E-state index contributed by atoms with van der Waals surface area (Å²) in [7, 11) is 0. The summed E-state index contributed by atoms with van der Waals surface area (Å²) in [6.07, 6.45) is 0. The molecule has 1 aliphatic heterocycles. The quantitative estimate of drug-likeness (QED) is 0.128. The van der Waals surface area contributed by atoms with Crippen molar-refractivity contribution in [2.45, 2.75) is 44.3 Å².